The van der Waals surface area contributed by atoms with Crippen LogP contribution in [0.5, 0.6) is 5.75 Å². The Labute approximate surface area is 127 Å². The fourth-order valence-corrected chi connectivity index (χ4v) is 2.86. The lowest BCUT2D eigenvalue weighted by atomic mass is 9.99. The van der Waals surface area contributed by atoms with Crippen LogP contribution in [0.15, 0.2) is 30.5 Å². The van der Waals surface area contributed by atoms with Crippen molar-refractivity contribution in [3.05, 3.63) is 57.3 Å². The smallest absolute Gasteiger partial charge is 0.235 e. The molecule has 0 atom stereocenters. The Bertz CT molecular complexity index is 923. The van der Waals surface area contributed by atoms with Crippen LogP contribution < -0.4 is 4.74 Å². The highest BCUT2D eigenvalue weighted by atomic mass is 16.6. The van der Waals surface area contributed by atoms with Crippen molar-refractivity contribution < 1.29 is 9.66 Å². The van der Waals surface area contributed by atoms with Gasteiger partial charge in [0.25, 0.3) is 0 Å². The van der Waals surface area contributed by atoms with E-state index in [4.69, 9.17) is 4.74 Å². The molecule has 1 N–H and O–H groups in total. The molecule has 3 rings (SSSR count). The van der Waals surface area contributed by atoms with E-state index < -0.39 is 4.92 Å². The van der Waals surface area contributed by atoms with Gasteiger partial charge in [0.15, 0.2) is 0 Å². The summed E-state index contributed by atoms with van der Waals surface area (Å²) >= 11 is 0. The number of aryl methyl sites for hydroxylation is 2. The van der Waals surface area contributed by atoms with Gasteiger partial charge in [0.1, 0.15) is 5.75 Å². The standard InChI is InChI=1S/C17H16N2O3/c1-10-8-12(6-7-19(20)21)11(2)17-16(10)14-9-13(22-3)4-5-15(14)18-17/h4-9,18H,1-3H3/b7-6+. The van der Waals surface area contributed by atoms with Gasteiger partial charge in [-0.25, -0.2) is 0 Å². The Morgan fingerprint density at radius 3 is 2.73 bits per heavy atom. The molecule has 5 heteroatoms. The van der Waals surface area contributed by atoms with Crippen LogP contribution in [0.1, 0.15) is 16.7 Å². The van der Waals surface area contributed by atoms with Crippen LogP contribution >= 0.6 is 0 Å². The zero-order chi connectivity index (χ0) is 15.9. The number of nitrogens with one attached hydrogen (secondary N) is 1. The van der Waals surface area contributed by atoms with Crippen LogP contribution in [0.2, 0.25) is 0 Å². The molecule has 22 heavy (non-hydrogen) atoms. The zero-order valence-corrected chi connectivity index (χ0v) is 12.6. The van der Waals surface area contributed by atoms with Crippen LogP contribution in [0.25, 0.3) is 27.9 Å². The molecule has 0 fully saturated rings. The first-order chi connectivity index (χ1) is 10.5. The van der Waals surface area contributed by atoms with Crippen molar-refractivity contribution in [1.29, 1.82) is 0 Å². The summed E-state index contributed by atoms with van der Waals surface area (Å²) in [4.78, 5) is 13.5. The topological polar surface area (TPSA) is 68.2 Å². The molecular formula is C17H16N2O3. The molecule has 0 saturated carbocycles. The maximum atomic E-state index is 10.5. The summed E-state index contributed by atoms with van der Waals surface area (Å²) in [6.07, 6.45) is 2.51. The minimum absolute atomic E-state index is 0.449. The van der Waals surface area contributed by atoms with Crippen LogP contribution in [0, 0.1) is 24.0 Å². The molecule has 1 heterocycles. The van der Waals surface area contributed by atoms with Gasteiger partial charge in [-0.2, -0.15) is 0 Å². The molecule has 0 amide bonds. The summed E-state index contributed by atoms with van der Waals surface area (Å²) in [5.74, 6) is 0.808. The number of ether oxygens (including phenoxy) is 1. The average molecular weight is 296 g/mol. The molecule has 3 aromatic rings. The van der Waals surface area contributed by atoms with Gasteiger partial charge in [-0.3, -0.25) is 10.1 Å². The zero-order valence-electron chi connectivity index (χ0n) is 12.6. The van der Waals surface area contributed by atoms with Crippen molar-refractivity contribution in [2.45, 2.75) is 13.8 Å². The predicted octanol–water partition coefficient (Wildman–Crippen LogP) is 4.19. The molecule has 0 aliphatic carbocycles. The SMILES string of the molecule is COc1ccc2[nH]c3c(C)c(/C=C/[N+](=O)[O-])cc(C)c3c2c1. The number of fused-ring (bicyclic) bond motifs is 3. The quantitative estimate of drug-likeness (QED) is 0.582. The Hall–Kier alpha value is -2.82. The predicted molar refractivity (Wildman–Crippen MR) is 87.9 cm³/mol. The van der Waals surface area contributed by atoms with Crippen molar-refractivity contribution in [2.75, 3.05) is 7.11 Å². The number of methoxy groups -OCH3 is 1. The maximum absolute atomic E-state index is 10.5. The van der Waals surface area contributed by atoms with E-state index in [1.54, 1.807) is 7.11 Å². The van der Waals surface area contributed by atoms with Gasteiger partial charge < -0.3 is 9.72 Å². The average Bonchev–Trinajstić information content (AvgIpc) is 2.88. The van der Waals surface area contributed by atoms with E-state index in [2.05, 4.69) is 4.98 Å². The molecule has 1 aromatic heterocycles. The third-order valence-electron chi connectivity index (χ3n) is 3.96. The van der Waals surface area contributed by atoms with Crippen LogP contribution in [0.3, 0.4) is 0 Å². The summed E-state index contributed by atoms with van der Waals surface area (Å²) in [6, 6.07) is 7.88. The third-order valence-corrected chi connectivity index (χ3v) is 3.96. The van der Waals surface area contributed by atoms with Gasteiger partial charge in [-0.1, -0.05) is 6.07 Å². The highest BCUT2D eigenvalue weighted by Crippen LogP contribution is 2.34. The van der Waals surface area contributed by atoms with Gasteiger partial charge in [0.2, 0.25) is 6.20 Å². The van der Waals surface area contributed by atoms with Crippen LogP contribution in [0.4, 0.5) is 0 Å². The fraction of sp³-hybridized carbons (Fsp3) is 0.176. The van der Waals surface area contributed by atoms with Gasteiger partial charge >= 0.3 is 0 Å². The first-order valence-electron chi connectivity index (χ1n) is 6.92. The van der Waals surface area contributed by atoms with E-state index in [9.17, 15) is 10.1 Å². The highest BCUT2D eigenvalue weighted by Gasteiger charge is 2.12. The Morgan fingerprint density at radius 1 is 1.27 bits per heavy atom. The number of aromatic amines is 1. The van der Waals surface area contributed by atoms with Crippen molar-refractivity contribution in [2.24, 2.45) is 0 Å². The third kappa shape index (κ3) is 2.20. The van der Waals surface area contributed by atoms with Crippen molar-refractivity contribution in [3.63, 3.8) is 0 Å². The molecule has 112 valence electrons. The summed E-state index contributed by atoms with van der Waals surface area (Å²) in [5.41, 5.74) is 4.95. The lowest BCUT2D eigenvalue weighted by molar-refractivity contribution is -0.400. The van der Waals surface area contributed by atoms with Crippen molar-refractivity contribution in [1.82, 2.24) is 4.98 Å². The number of aromatic nitrogens is 1. The van der Waals surface area contributed by atoms with E-state index in [-0.39, 0.29) is 0 Å². The molecule has 0 saturated heterocycles. The van der Waals surface area contributed by atoms with E-state index in [1.807, 2.05) is 38.1 Å². The lowest BCUT2D eigenvalue weighted by Crippen LogP contribution is -1.89. The number of rotatable bonds is 3. The van der Waals surface area contributed by atoms with E-state index in [1.165, 1.54) is 6.08 Å². The first-order valence-corrected chi connectivity index (χ1v) is 6.92. The van der Waals surface area contributed by atoms with E-state index in [0.717, 1.165) is 50.4 Å². The number of H-pyrrole nitrogens is 1. The Morgan fingerprint density at radius 2 is 2.05 bits per heavy atom. The number of nitro groups is 1. The molecule has 2 aromatic carbocycles. The normalized spacial score (nSPS) is 11.6. The van der Waals surface area contributed by atoms with Gasteiger partial charge in [-0.15, -0.1) is 0 Å². The summed E-state index contributed by atoms with van der Waals surface area (Å²) in [5, 5.41) is 12.8. The Kier molecular flexibility index (Phi) is 3.33. The minimum Gasteiger partial charge on any atom is -0.497 e. The molecule has 0 spiro atoms. The van der Waals surface area contributed by atoms with Crippen molar-refractivity contribution >= 4 is 27.9 Å². The van der Waals surface area contributed by atoms with E-state index in [0.29, 0.717) is 0 Å². The second-order valence-electron chi connectivity index (χ2n) is 5.30. The maximum Gasteiger partial charge on any atom is 0.235 e. The number of nitrogens with zero attached hydrogens (tertiary/aromatic N) is 1. The highest BCUT2D eigenvalue weighted by molar-refractivity contribution is 6.11. The Balaban J connectivity index is 2.33. The molecule has 0 unspecified atom stereocenters. The summed E-state index contributed by atoms with van der Waals surface area (Å²) < 4.78 is 5.30. The largest absolute Gasteiger partial charge is 0.497 e. The molecule has 0 bridgehead atoms. The fourth-order valence-electron chi connectivity index (χ4n) is 2.86. The second-order valence-corrected chi connectivity index (χ2v) is 5.30. The summed E-state index contributed by atoms with van der Waals surface area (Å²) in [6.45, 7) is 3.98. The molecule has 5 nitrogen and oxygen atoms in total. The molecular weight excluding hydrogens is 280 g/mol. The molecule has 0 aliphatic heterocycles. The minimum atomic E-state index is -0.449. The van der Waals surface area contributed by atoms with Gasteiger partial charge in [0, 0.05) is 22.4 Å². The summed E-state index contributed by atoms with van der Waals surface area (Å²) in [7, 11) is 1.65. The van der Waals surface area contributed by atoms with E-state index >= 15 is 0 Å². The lowest BCUT2D eigenvalue weighted by Gasteiger charge is -2.06. The first kappa shape index (κ1) is 14.1. The van der Waals surface area contributed by atoms with Crippen molar-refractivity contribution in [3.8, 4) is 5.75 Å². The number of benzene rings is 2. The molecule has 0 radical (unpaired) electrons. The van der Waals surface area contributed by atoms with Gasteiger partial charge in [0.05, 0.1) is 17.5 Å². The number of hydrogen-bond donors (Lipinski definition) is 1. The number of hydrogen-bond acceptors (Lipinski definition) is 3. The monoisotopic (exact) mass is 296 g/mol. The van der Waals surface area contributed by atoms with Crippen LogP contribution in [-0.4, -0.2) is 17.0 Å². The van der Waals surface area contributed by atoms with Crippen LogP contribution in [-0.2, 0) is 0 Å². The molecule has 0 aliphatic rings. The second kappa shape index (κ2) is 5.18. The van der Waals surface area contributed by atoms with Gasteiger partial charge in [-0.05, 0) is 48.7 Å².